The molecular weight excluding hydrogens is 414 g/mol. The van der Waals surface area contributed by atoms with Gasteiger partial charge in [0.2, 0.25) is 11.8 Å². The lowest BCUT2D eigenvalue weighted by atomic mass is 9.86. The van der Waals surface area contributed by atoms with E-state index < -0.39 is 4.92 Å². The Hall–Kier alpha value is -4.61. The number of benzene rings is 1. The summed E-state index contributed by atoms with van der Waals surface area (Å²) in [5, 5.41) is 27.6. The Labute approximate surface area is 179 Å². The molecule has 1 aromatic carbocycles. The average molecular weight is 429 g/mol. The van der Waals surface area contributed by atoms with Gasteiger partial charge >= 0.3 is 0 Å². The minimum Gasteiger partial charge on any atom is -0.418 e. The van der Waals surface area contributed by atoms with Gasteiger partial charge in [0.25, 0.3) is 5.69 Å². The molecule has 12 heteroatoms. The summed E-state index contributed by atoms with van der Waals surface area (Å²) < 4.78 is 9.20. The fourth-order valence-electron chi connectivity index (χ4n) is 4.12. The van der Waals surface area contributed by atoms with Crippen molar-refractivity contribution in [3.63, 3.8) is 0 Å². The van der Waals surface area contributed by atoms with Crippen molar-refractivity contribution in [2.24, 2.45) is 7.05 Å². The summed E-state index contributed by atoms with van der Waals surface area (Å²) >= 11 is 0. The van der Waals surface area contributed by atoms with Gasteiger partial charge in [0.05, 0.1) is 28.2 Å². The van der Waals surface area contributed by atoms with Crippen molar-refractivity contribution in [2.75, 3.05) is 0 Å². The van der Waals surface area contributed by atoms with E-state index in [0.29, 0.717) is 28.5 Å². The fraction of sp³-hybridized carbons (Fsp3) is 0.150. The van der Waals surface area contributed by atoms with E-state index >= 15 is 0 Å². The van der Waals surface area contributed by atoms with E-state index in [9.17, 15) is 10.1 Å². The van der Waals surface area contributed by atoms with Gasteiger partial charge < -0.3 is 4.74 Å². The van der Waals surface area contributed by atoms with Crippen LogP contribution in [0.15, 0.2) is 43.0 Å². The van der Waals surface area contributed by atoms with E-state index in [4.69, 9.17) is 4.74 Å². The first-order valence-electron chi connectivity index (χ1n) is 9.71. The van der Waals surface area contributed by atoms with E-state index in [2.05, 4.69) is 30.4 Å². The third kappa shape index (κ3) is 2.52. The fourth-order valence-corrected chi connectivity index (χ4v) is 4.12. The zero-order valence-electron chi connectivity index (χ0n) is 16.9. The standard InChI is InChI=1S/C20H15N9O3/c1-10-14-15(11-7-22-27(2)8-11)16-18-23-17(12-5-3-4-6-13(12)29(30)31)26-28(18)9-21-19(16)32-20(14)25-24-10/h3-9,15H,1-2H3,(H,24,25)/t15-/m0/s1. The molecule has 158 valence electrons. The summed E-state index contributed by atoms with van der Waals surface area (Å²) in [4.78, 5) is 20.2. The van der Waals surface area contributed by atoms with E-state index in [1.165, 1.54) is 16.9 Å². The second kappa shape index (κ2) is 6.44. The molecule has 1 N–H and O–H groups in total. The molecule has 0 saturated carbocycles. The normalized spacial score (nSPS) is 14.8. The highest BCUT2D eigenvalue weighted by atomic mass is 16.6. The first-order chi connectivity index (χ1) is 15.5. The largest absolute Gasteiger partial charge is 0.418 e. The summed E-state index contributed by atoms with van der Waals surface area (Å²) in [6.07, 6.45) is 5.17. The maximum Gasteiger partial charge on any atom is 0.280 e. The highest BCUT2D eigenvalue weighted by Crippen LogP contribution is 2.48. The molecule has 6 rings (SSSR count). The molecule has 32 heavy (non-hydrogen) atoms. The lowest BCUT2D eigenvalue weighted by Gasteiger charge is -2.24. The summed E-state index contributed by atoms with van der Waals surface area (Å²) in [6, 6.07) is 6.37. The molecule has 5 aromatic rings. The van der Waals surface area contributed by atoms with Crippen LogP contribution < -0.4 is 4.74 Å². The van der Waals surface area contributed by atoms with Gasteiger partial charge in [0, 0.05) is 36.1 Å². The number of nitrogens with one attached hydrogen (secondary N) is 1. The number of ether oxygens (including phenoxy) is 1. The van der Waals surface area contributed by atoms with Crippen LogP contribution in [0.4, 0.5) is 5.69 Å². The van der Waals surface area contributed by atoms with Gasteiger partial charge in [-0.1, -0.05) is 12.1 Å². The first-order valence-corrected chi connectivity index (χ1v) is 9.71. The van der Waals surface area contributed by atoms with Crippen LogP contribution in [0.1, 0.15) is 28.3 Å². The Kier molecular flexibility index (Phi) is 3.66. The van der Waals surface area contributed by atoms with Crippen LogP contribution in [0.3, 0.4) is 0 Å². The molecule has 0 amide bonds. The first kappa shape index (κ1) is 18.2. The molecule has 1 atom stereocenters. The van der Waals surface area contributed by atoms with Crippen LogP contribution in [0.5, 0.6) is 11.8 Å². The minimum atomic E-state index is -0.447. The van der Waals surface area contributed by atoms with Crippen LogP contribution in [0.2, 0.25) is 0 Å². The van der Waals surface area contributed by atoms with Crippen molar-refractivity contribution in [3.05, 3.63) is 75.5 Å². The molecule has 0 radical (unpaired) electrons. The number of aryl methyl sites for hydroxylation is 2. The Morgan fingerprint density at radius 3 is 2.84 bits per heavy atom. The van der Waals surface area contributed by atoms with E-state index in [0.717, 1.165) is 16.8 Å². The number of para-hydroxylation sites is 1. The van der Waals surface area contributed by atoms with Gasteiger partial charge in [-0.2, -0.15) is 5.10 Å². The summed E-state index contributed by atoms with van der Waals surface area (Å²) in [5.74, 6) is 0.721. The number of aromatic nitrogens is 8. The number of H-pyrrole nitrogens is 1. The Morgan fingerprint density at radius 1 is 1.22 bits per heavy atom. The summed E-state index contributed by atoms with van der Waals surface area (Å²) in [6.45, 7) is 1.92. The van der Waals surface area contributed by atoms with Gasteiger partial charge in [-0.05, 0) is 13.0 Å². The molecule has 0 spiro atoms. The number of fused-ring (bicyclic) bond motifs is 4. The third-order valence-electron chi connectivity index (χ3n) is 5.52. The highest BCUT2D eigenvalue weighted by molar-refractivity contribution is 5.72. The van der Waals surface area contributed by atoms with Gasteiger partial charge in [-0.15, -0.1) is 10.2 Å². The maximum absolute atomic E-state index is 11.5. The lowest BCUT2D eigenvalue weighted by molar-refractivity contribution is -0.384. The second-order valence-corrected chi connectivity index (χ2v) is 7.49. The monoisotopic (exact) mass is 429 g/mol. The quantitative estimate of drug-likeness (QED) is 0.334. The van der Waals surface area contributed by atoms with E-state index in [-0.39, 0.29) is 17.4 Å². The van der Waals surface area contributed by atoms with Gasteiger partial charge in [-0.3, -0.25) is 19.9 Å². The molecule has 12 nitrogen and oxygen atoms in total. The second-order valence-electron chi connectivity index (χ2n) is 7.49. The van der Waals surface area contributed by atoms with Crippen LogP contribution >= 0.6 is 0 Å². The van der Waals surface area contributed by atoms with Gasteiger partial charge in [0.15, 0.2) is 11.5 Å². The molecule has 0 aliphatic carbocycles. The Morgan fingerprint density at radius 2 is 2.06 bits per heavy atom. The topological polar surface area (TPSA) is 142 Å². The molecule has 4 aromatic heterocycles. The van der Waals surface area contributed by atoms with Crippen molar-refractivity contribution in [1.29, 1.82) is 0 Å². The number of hydrogen-bond acceptors (Lipinski definition) is 8. The predicted molar refractivity (Wildman–Crippen MR) is 110 cm³/mol. The number of nitro benzene ring substituents is 1. The Balaban J connectivity index is 1.62. The van der Waals surface area contributed by atoms with E-state index in [1.54, 1.807) is 29.1 Å². The van der Waals surface area contributed by atoms with Crippen LogP contribution in [-0.2, 0) is 7.05 Å². The molecule has 1 aliphatic rings. The number of aromatic amines is 1. The molecule has 5 heterocycles. The zero-order valence-corrected chi connectivity index (χ0v) is 16.9. The minimum absolute atomic E-state index is 0.0711. The molecule has 0 bridgehead atoms. The average Bonchev–Trinajstić information content (AvgIpc) is 3.50. The summed E-state index contributed by atoms with van der Waals surface area (Å²) in [5.41, 5.74) is 4.05. The molecule has 1 aliphatic heterocycles. The zero-order chi connectivity index (χ0) is 22.0. The van der Waals surface area contributed by atoms with Crippen molar-refractivity contribution in [1.82, 2.24) is 39.6 Å². The predicted octanol–water partition coefficient (Wildman–Crippen LogP) is 2.75. The SMILES string of the molecule is Cc1[nH]nc2c1[C@H](c1cnn(C)c1)c1c(ncn3nc(-c4ccccc4[N+](=O)[O-])nc13)O2. The van der Waals surface area contributed by atoms with Crippen molar-refractivity contribution in [2.45, 2.75) is 12.8 Å². The number of nitrogens with zero attached hydrogens (tertiary/aromatic N) is 8. The van der Waals surface area contributed by atoms with Crippen LogP contribution in [-0.4, -0.2) is 44.5 Å². The Bertz CT molecular complexity index is 1530. The number of nitro groups is 1. The molecule has 0 saturated heterocycles. The summed E-state index contributed by atoms with van der Waals surface area (Å²) in [7, 11) is 1.84. The number of hydrogen-bond donors (Lipinski definition) is 1. The number of rotatable bonds is 3. The lowest BCUT2D eigenvalue weighted by Crippen LogP contribution is -2.14. The van der Waals surface area contributed by atoms with E-state index in [1.807, 2.05) is 20.2 Å². The van der Waals surface area contributed by atoms with Gasteiger partial charge in [0.1, 0.15) is 6.33 Å². The van der Waals surface area contributed by atoms with Crippen molar-refractivity contribution in [3.8, 4) is 23.1 Å². The van der Waals surface area contributed by atoms with Crippen molar-refractivity contribution < 1.29 is 9.66 Å². The smallest absolute Gasteiger partial charge is 0.280 e. The molecule has 0 fully saturated rings. The van der Waals surface area contributed by atoms with Crippen LogP contribution in [0.25, 0.3) is 17.0 Å². The maximum atomic E-state index is 11.5. The van der Waals surface area contributed by atoms with Gasteiger partial charge in [-0.25, -0.2) is 14.5 Å². The molecular formula is C20H15N9O3. The van der Waals surface area contributed by atoms with Crippen molar-refractivity contribution >= 4 is 11.3 Å². The highest BCUT2D eigenvalue weighted by Gasteiger charge is 2.37. The van der Waals surface area contributed by atoms with Crippen LogP contribution in [0, 0.1) is 17.0 Å². The molecule has 0 unspecified atom stereocenters. The third-order valence-corrected chi connectivity index (χ3v) is 5.52.